The summed E-state index contributed by atoms with van der Waals surface area (Å²) in [6.07, 6.45) is 9.82. The molecular weight excluding hydrogens is 188 g/mol. The minimum Gasteiger partial charge on any atom is -0.341 e. The molecule has 15 heavy (non-hydrogen) atoms. The maximum absolute atomic E-state index is 11.6. The molecule has 0 aliphatic heterocycles. The molecule has 0 spiro atoms. The normalized spacial score (nSPS) is 14.0. The quantitative estimate of drug-likeness (QED) is 0.624. The molecule has 0 radical (unpaired) electrons. The minimum absolute atomic E-state index is 0.125. The van der Waals surface area contributed by atoms with Crippen LogP contribution in [0.4, 0.5) is 0 Å². The van der Waals surface area contributed by atoms with Crippen molar-refractivity contribution in [2.75, 3.05) is 0 Å². The third-order valence-corrected chi connectivity index (χ3v) is 2.30. The van der Waals surface area contributed by atoms with Gasteiger partial charge in [0.25, 0.3) is 0 Å². The fraction of sp³-hybridized carbons (Fsp3) is 0.750. The summed E-state index contributed by atoms with van der Waals surface area (Å²) < 4.78 is 0. The number of hydrogen-bond acceptors (Lipinski definition) is 2. The Balaban J connectivity index is 3.94. The van der Waals surface area contributed by atoms with Crippen molar-refractivity contribution >= 4 is 5.91 Å². The number of rotatable bonds is 7. The summed E-state index contributed by atoms with van der Waals surface area (Å²) in [4.78, 5) is 11.6. The first-order chi connectivity index (χ1) is 7.15. The van der Waals surface area contributed by atoms with Crippen LogP contribution in [0.3, 0.4) is 0 Å². The van der Waals surface area contributed by atoms with Crippen molar-refractivity contribution in [3.05, 3.63) is 0 Å². The molecule has 0 aromatic heterocycles. The van der Waals surface area contributed by atoms with Crippen LogP contribution in [0.5, 0.6) is 0 Å². The molecule has 3 nitrogen and oxygen atoms in total. The summed E-state index contributed by atoms with van der Waals surface area (Å²) in [5.41, 5.74) is 5.72. The van der Waals surface area contributed by atoms with Crippen LogP contribution >= 0.6 is 0 Å². The van der Waals surface area contributed by atoms with E-state index < -0.39 is 6.04 Å². The van der Waals surface area contributed by atoms with Crippen molar-refractivity contribution in [1.82, 2.24) is 5.32 Å². The van der Waals surface area contributed by atoms with Gasteiger partial charge in [0.1, 0.15) is 0 Å². The average Bonchev–Trinajstić information content (AvgIpc) is 2.24. The number of nitrogens with one attached hydrogen (secondary N) is 1. The summed E-state index contributed by atoms with van der Waals surface area (Å²) in [5, 5.41) is 2.78. The van der Waals surface area contributed by atoms with E-state index >= 15 is 0 Å². The molecule has 0 aromatic rings. The summed E-state index contributed by atoms with van der Waals surface area (Å²) in [6.45, 7) is 4.11. The molecule has 0 aromatic carbocycles. The molecule has 0 aliphatic rings. The molecule has 3 N–H and O–H groups in total. The second kappa shape index (κ2) is 8.31. The van der Waals surface area contributed by atoms with Gasteiger partial charge in [0, 0.05) is 0 Å². The van der Waals surface area contributed by atoms with E-state index in [9.17, 15) is 4.79 Å². The minimum atomic E-state index is -0.419. The molecule has 0 bridgehead atoms. The number of unbranched alkanes of at least 4 members (excludes halogenated alkanes) is 1. The van der Waals surface area contributed by atoms with E-state index in [0.717, 1.165) is 32.1 Å². The van der Waals surface area contributed by atoms with Gasteiger partial charge in [-0.3, -0.25) is 4.79 Å². The van der Waals surface area contributed by atoms with Crippen molar-refractivity contribution in [1.29, 1.82) is 0 Å². The predicted octanol–water partition coefficient (Wildman–Crippen LogP) is 1.42. The van der Waals surface area contributed by atoms with Crippen molar-refractivity contribution in [2.24, 2.45) is 5.73 Å². The molecular formula is C12H22N2O. The third kappa shape index (κ3) is 6.14. The van der Waals surface area contributed by atoms with E-state index in [1.54, 1.807) is 0 Å². The number of carbonyl (C=O) groups is 1. The highest BCUT2D eigenvalue weighted by atomic mass is 16.2. The van der Waals surface area contributed by atoms with Gasteiger partial charge in [-0.2, -0.15) is 0 Å². The first-order valence-corrected chi connectivity index (χ1v) is 5.67. The van der Waals surface area contributed by atoms with Gasteiger partial charge in [-0.25, -0.2) is 0 Å². The van der Waals surface area contributed by atoms with Gasteiger partial charge in [-0.15, -0.1) is 6.42 Å². The molecule has 0 saturated heterocycles. The molecule has 1 unspecified atom stereocenters. The van der Waals surface area contributed by atoms with Crippen molar-refractivity contribution in [3.8, 4) is 12.3 Å². The SMILES string of the molecule is C#CC(CCC)NC(=O)[C@@H](N)CCCC. The second-order valence-electron chi connectivity index (χ2n) is 3.77. The van der Waals surface area contributed by atoms with Crippen LogP contribution in [0.2, 0.25) is 0 Å². The molecule has 0 heterocycles. The standard InChI is InChI=1S/C12H22N2O/c1-4-7-9-11(13)12(15)14-10(6-3)8-5-2/h3,10-11H,4-5,7-9,13H2,1-2H3,(H,14,15)/t10?,11-/m0/s1. The second-order valence-corrected chi connectivity index (χ2v) is 3.77. The zero-order valence-corrected chi connectivity index (χ0v) is 9.75. The molecule has 0 rings (SSSR count). The van der Waals surface area contributed by atoms with Gasteiger partial charge in [0.15, 0.2) is 0 Å². The van der Waals surface area contributed by atoms with Gasteiger partial charge in [-0.05, 0) is 12.8 Å². The molecule has 3 heteroatoms. The van der Waals surface area contributed by atoms with Crippen LogP contribution in [0.15, 0.2) is 0 Å². The van der Waals surface area contributed by atoms with E-state index in [1.807, 2.05) is 6.92 Å². The Morgan fingerprint density at radius 3 is 2.53 bits per heavy atom. The largest absolute Gasteiger partial charge is 0.341 e. The van der Waals surface area contributed by atoms with Crippen molar-refractivity contribution < 1.29 is 4.79 Å². The van der Waals surface area contributed by atoms with E-state index in [4.69, 9.17) is 12.2 Å². The average molecular weight is 210 g/mol. The maximum atomic E-state index is 11.6. The van der Waals surface area contributed by atoms with E-state index in [0.29, 0.717) is 0 Å². The number of carbonyl (C=O) groups excluding carboxylic acids is 1. The Bertz CT molecular complexity index is 220. The van der Waals surface area contributed by atoms with Crippen LogP contribution in [0.25, 0.3) is 0 Å². The lowest BCUT2D eigenvalue weighted by atomic mass is 10.1. The van der Waals surface area contributed by atoms with Gasteiger partial charge in [0.05, 0.1) is 12.1 Å². The zero-order chi connectivity index (χ0) is 11.7. The van der Waals surface area contributed by atoms with E-state index in [1.165, 1.54) is 0 Å². The number of nitrogens with two attached hydrogens (primary N) is 1. The van der Waals surface area contributed by atoms with Crippen LogP contribution in [0.1, 0.15) is 46.0 Å². The number of hydrogen-bond donors (Lipinski definition) is 2. The molecule has 0 saturated carbocycles. The van der Waals surface area contributed by atoms with Gasteiger partial charge < -0.3 is 11.1 Å². The fourth-order valence-corrected chi connectivity index (χ4v) is 1.32. The lowest BCUT2D eigenvalue weighted by molar-refractivity contribution is -0.122. The lowest BCUT2D eigenvalue weighted by Gasteiger charge is -2.16. The van der Waals surface area contributed by atoms with Crippen LogP contribution in [-0.4, -0.2) is 18.0 Å². The van der Waals surface area contributed by atoms with Crippen LogP contribution < -0.4 is 11.1 Å². The highest BCUT2D eigenvalue weighted by molar-refractivity contribution is 5.82. The van der Waals surface area contributed by atoms with E-state index in [2.05, 4.69) is 18.2 Å². The van der Waals surface area contributed by atoms with Crippen LogP contribution in [0, 0.1) is 12.3 Å². The number of amides is 1. The zero-order valence-electron chi connectivity index (χ0n) is 9.75. The van der Waals surface area contributed by atoms with E-state index in [-0.39, 0.29) is 11.9 Å². The number of terminal acetylenes is 1. The molecule has 0 fully saturated rings. The first-order valence-electron chi connectivity index (χ1n) is 5.67. The summed E-state index contributed by atoms with van der Waals surface area (Å²) in [6, 6.07) is -0.590. The Labute approximate surface area is 92.8 Å². The summed E-state index contributed by atoms with van der Waals surface area (Å²) in [5.74, 6) is 2.43. The van der Waals surface area contributed by atoms with Gasteiger partial charge in [-0.1, -0.05) is 39.0 Å². The Kier molecular flexibility index (Phi) is 7.75. The maximum Gasteiger partial charge on any atom is 0.237 e. The monoisotopic (exact) mass is 210 g/mol. The fourth-order valence-electron chi connectivity index (χ4n) is 1.32. The van der Waals surface area contributed by atoms with Crippen molar-refractivity contribution in [3.63, 3.8) is 0 Å². The molecule has 86 valence electrons. The van der Waals surface area contributed by atoms with Crippen LogP contribution in [-0.2, 0) is 4.79 Å². The van der Waals surface area contributed by atoms with Gasteiger partial charge >= 0.3 is 0 Å². The summed E-state index contributed by atoms with van der Waals surface area (Å²) in [7, 11) is 0. The predicted molar refractivity (Wildman–Crippen MR) is 63.2 cm³/mol. The summed E-state index contributed by atoms with van der Waals surface area (Å²) >= 11 is 0. The highest BCUT2D eigenvalue weighted by Crippen LogP contribution is 2.00. The topological polar surface area (TPSA) is 55.1 Å². The first kappa shape index (κ1) is 14.0. The van der Waals surface area contributed by atoms with Crippen molar-refractivity contribution in [2.45, 2.75) is 58.0 Å². The smallest absolute Gasteiger partial charge is 0.237 e. The Morgan fingerprint density at radius 2 is 2.07 bits per heavy atom. The highest BCUT2D eigenvalue weighted by Gasteiger charge is 2.15. The molecule has 2 atom stereocenters. The Hall–Kier alpha value is -1.01. The molecule has 1 amide bonds. The Morgan fingerprint density at radius 1 is 1.40 bits per heavy atom. The lowest BCUT2D eigenvalue weighted by Crippen LogP contribution is -2.44. The van der Waals surface area contributed by atoms with Gasteiger partial charge in [0.2, 0.25) is 5.91 Å². The third-order valence-electron chi connectivity index (χ3n) is 2.30. The molecule has 0 aliphatic carbocycles.